The van der Waals surface area contributed by atoms with E-state index in [9.17, 15) is 8.42 Å². The molecule has 1 rings (SSSR count). The molecule has 1 heterocycles. The first-order chi connectivity index (χ1) is 6.17. The molecular formula is C7H9IN2O2S. The van der Waals surface area contributed by atoms with Gasteiger partial charge in [-0.15, -0.1) is 0 Å². The lowest BCUT2D eigenvalue weighted by molar-refractivity contribution is 0.584. The highest BCUT2D eigenvalue weighted by Gasteiger charge is 2.11. The van der Waals surface area contributed by atoms with E-state index >= 15 is 0 Å². The Morgan fingerprint density at radius 2 is 2.31 bits per heavy atom. The van der Waals surface area contributed by atoms with Crippen molar-refractivity contribution in [2.45, 2.75) is 4.90 Å². The minimum atomic E-state index is -3.34. The zero-order valence-electron chi connectivity index (χ0n) is 6.77. The predicted octanol–water partition coefficient (Wildman–Crippen LogP) is 0.795. The second-order valence-electron chi connectivity index (χ2n) is 2.28. The Morgan fingerprint density at radius 1 is 1.54 bits per heavy atom. The molecule has 0 aliphatic heterocycles. The van der Waals surface area contributed by atoms with Crippen molar-refractivity contribution >= 4 is 32.6 Å². The number of hydrogen-bond acceptors (Lipinski definition) is 3. The van der Waals surface area contributed by atoms with Crippen molar-refractivity contribution in [1.29, 1.82) is 0 Å². The molecule has 13 heavy (non-hydrogen) atoms. The van der Waals surface area contributed by atoms with Gasteiger partial charge in [-0.1, -0.05) is 22.6 Å². The monoisotopic (exact) mass is 312 g/mol. The van der Waals surface area contributed by atoms with Gasteiger partial charge in [-0.3, -0.25) is 4.98 Å². The van der Waals surface area contributed by atoms with Crippen molar-refractivity contribution in [2.75, 3.05) is 11.0 Å². The highest BCUT2D eigenvalue weighted by molar-refractivity contribution is 14.1. The molecule has 0 saturated heterocycles. The molecule has 0 saturated carbocycles. The van der Waals surface area contributed by atoms with Crippen molar-refractivity contribution in [3.8, 4) is 0 Å². The van der Waals surface area contributed by atoms with Crippen LogP contribution < -0.4 is 4.72 Å². The van der Waals surface area contributed by atoms with Crippen molar-refractivity contribution in [1.82, 2.24) is 9.71 Å². The Hall–Kier alpha value is -0.210. The summed E-state index contributed by atoms with van der Waals surface area (Å²) >= 11 is 2.10. The maximum absolute atomic E-state index is 11.4. The van der Waals surface area contributed by atoms with Gasteiger partial charge in [0, 0.05) is 23.4 Å². The Kier molecular flexibility index (Phi) is 4.07. The zero-order chi connectivity index (χ0) is 9.73. The van der Waals surface area contributed by atoms with Gasteiger partial charge in [0.1, 0.15) is 4.90 Å². The van der Waals surface area contributed by atoms with Gasteiger partial charge in [-0.2, -0.15) is 0 Å². The molecule has 4 nitrogen and oxygen atoms in total. The standard InChI is InChI=1S/C7H9IN2O2S/c8-3-5-10-13(11,12)7-2-1-4-9-6-7/h1-2,4,6,10H,3,5H2. The minimum Gasteiger partial charge on any atom is -0.263 e. The minimum absolute atomic E-state index is 0.208. The third-order valence-corrected chi connectivity index (χ3v) is 3.32. The van der Waals surface area contributed by atoms with Crippen LogP contribution in [0.25, 0.3) is 0 Å². The van der Waals surface area contributed by atoms with Crippen LogP contribution in [0.3, 0.4) is 0 Å². The summed E-state index contributed by atoms with van der Waals surface area (Å²) in [6.07, 6.45) is 2.87. The summed E-state index contributed by atoms with van der Waals surface area (Å²) in [5.41, 5.74) is 0. The lowest BCUT2D eigenvalue weighted by atomic mass is 10.5. The lowest BCUT2D eigenvalue weighted by Gasteiger charge is -2.03. The number of aromatic nitrogens is 1. The summed E-state index contributed by atoms with van der Waals surface area (Å²) in [5, 5.41) is 0. The number of alkyl halides is 1. The number of halogens is 1. The van der Waals surface area contributed by atoms with Crippen molar-refractivity contribution in [2.24, 2.45) is 0 Å². The van der Waals surface area contributed by atoms with Gasteiger partial charge >= 0.3 is 0 Å². The predicted molar refractivity (Wildman–Crippen MR) is 58.3 cm³/mol. The molecule has 0 spiro atoms. The Bertz CT molecular complexity index is 352. The van der Waals surface area contributed by atoms with E-state index < -0.39 is 10.0 Å². The van der Waals surface area contributed by atoms with Crippen LogP contribution in [-0.4, -0.2) is 24.4 Å². The van der Waals surface area contributed by atoms with Gasteiger partial charge < -0.3 is 0 Å². The normalized spacial score (nSPS) is 11.5. The molecule has 0 aliphatic rings. The molecule has 1 aromatic rings. The smallest absolute Gasteiger partial charge is 0.242 e. The van der Waals surface area contributed by atoms with Gasteiger partial charge in [-0.25, -0.2) is 13.1 Å². The number of nitrogens with zero attached hydrogens (tertiary/aromatic N) is 1. The number of rotatable bonds is 4. The first-order valence-electron chi connectivity index (χ1n) is 3.62. The van der Waals surface area contributed by atoms with E-state index in [1.807, 2.05) is 0 Å². The van der Waals surface area contributed by atoms with Crippen LogP contribution in [-0.2, 0) is 10.0 Å². The highest BCUT2D eigenvalue weighted by Crippen LogP contribution is 2.04. The lowest BCUT2D eigenvalue weighted by Crippen LogP contribution is -2.25. The SMILES string of the molecule is O=S(=O)(NCCI)c1cccnc1. The van der Waals surface area contributed by atoms with Gasteiger partial charge in [0.05, 0.1) is 0 Å². The first kappa shape index (κ1) is 10.9. The first-order valence-corrected chi connectivity index (χ1v) is 6.63. The summed E-state index contributed by atoms with van der Waals surface area (Å²) in [7, 11) is -3.34. The maximum Gasteiger partial charge on any atom is 0.242 e. The molecule has 0 amide bonds. The third-order valence-electron chi connectivity index (χ3n) is 1.33. The van der Waals surface area contributed by atoms with Crippen molar-refractivity contribution in [3.05, 3.63) is 24.5 Å². The van der Waals surface area contributed by atoms with E-state index in [4.69, 9.17) is 0 Å². The van der Waals surface area contributed by atoms with E-state index in [1.165, 1.54) is 18.5 Å². The molecule has 0 fully saturated rings. The molecule has 0 radical (unpaired) electrons. The average molecular weight is 312 g/mol. The molecule has 0 atom stereocenters. The maximum atomic E-state index is 11.4. The molecule has 0 unspecified atom stereocenters. The molecule has 1 aromatic heterocycles. The molecule has 72 valence electrons. The fourth-order valence-corrected chi connectivity index (χ4v) is 2.39. The van der Waals surface area contributed by atoms with Gasteiger partial charge in [0.25, 0.3) is 0 Å². The van der Waals surface area contributed by atoms with Gasteiger partial charge in [0.2, 0.25) is 10.0 Å². The Labute approximate surface area is 91.0 Å². The van der Waals surface area contributed by atoms with Crippen LogP contribution in [0.1, 0.15) is 0 Å². The number of hydrogen-bond donors (Lipinski definition) is 1. The Balaban J connectivity index is 2.83. The third kappa shape index (κ3) is 3.20. The van der Waals surface area contributed by atoms with Crippen LogP contribution in [0.15, 0.2) is 29.4 Å². The van der Waals surface area contributed by atoms with Crippen molar-refractivity contribution < 1.29 is 8.42 Å². The van der Waals surface area contributed by atoms with E-state index in [1.54, 1.807) is 6.07 Å². The van der Waals surface area contributed by atoms with Gasteiger partial charge in [-0.05, 0) is 12.1 Å². The fraction of sp³-hybridized carbons (Fsp3) is 0.286. The van der Waals surface area contributed by atoms with Crippen LogP contribution >= 0.6 is 22.6 Å². The molecule has 1 N–H and O–H groups in total. The van der Waals surface area contributed by atoms with Crippen LogP contribution in [0.5, 0.6) is 0 Å². The van der Waals surface area contributed by atoms with Gasteiger partial charge in [0.15, 0.2) is 0 Å². The fourth-order valence-electron chi connectivity index (χ4n) is 0.762. The topological polar surface area (TPSA) is 59.1 Å². The molecule has 6 heteroatoms. The molecule has 0 bridgehead atoms. The van der Waals surface area contributed by atoms with Crippen molar-refractivity contribution in [3.63, 3.8) is 0 Å². The van der Waals surface area contributed by atoms with E-state index in [2.05, 4.69) is 32.3 Å². The summed E-state index contributed by atoms with van der Waals surface area (Å²) in [5.74, 6) is 0. The van der Waals surface area contributed by atoms with Crippen LogP contribution in [0.4, 0.5) is 0 Å². The largest absolute Gasteiger partial charge is 0.263 e. The molecule has 0 aromatic carbocycles. The van der Waals surface area contributed by atoms with Crippen LogP contribution in [0, 0.1) is 0 Å². The van der Waals surface area contributed by atoms with E-state index in [0.29, 0.717) is 6.54 Å². The highest BCUT2D eigenvalue weighted by atomic mass is 127. The zero-order valence-corrected chi connectivity index (χ0v) is 9.75. The molecular weight excluding hydrogens is 303 g/mol. The second kappa shape index (κ2) is 4.87. The number of pyridine rings is 1. The average Bonchev–Trinajstić information content (AvgIpc) is 2.16. The van der Waals surface area contributed by atoms with Crippen LogP contribution in [0.2, 0.25) is 0 Å². The van der Waals surface area contributed by atoms with E-state index in [0.717, 1.165) is 4.43 Å². The summed E-state index contributed by atoms with van der Waals surface area (Å²) in [6.45, 7) is 0.442. The Morgan fingerprint density at radius 3 is 2.85 bits per heavy atom. The number of nitrogens with one attached hydrogen (secondary N) is 1. The summed E-state index contributed by atoms with van der Waals surface area (Å²) in [6, 6.07) is 3.11. The second-order valence-corrected chi connectivity index (χ2v) is 5.12. The summed E-state index contributed by atoms with van der Waals surface area (Å²) in [4.78, 5) is 3.95. The van der Waals surface area contributed by atoms with E-state index in [-0.39, 0.29) is 4.90 Å². The number of sulfonamides is 1. The summed E-state index contributed by atoms with van der Waals surface area (Å²) < 4.78 is 26.1. The molecule has 0 aliphatic carbocycles. The quantitative estimate of drug-likeness (QED) is 0.661.